The Labute approximate surface area is 108 Å². The number of ether oxygens (including phenoxy) is 2. The molecule has 0 aliphatic heterocycles. The molecule has 0 saturated heterocycles. The highest BCUT2D eigenvalue weighted by molar-refractivity contribution is 14.1. The number of alkyl halides is 1. The van der Waals surface area contributed by atoms with E-state index in [1.54, 1.807) is 0 Å². The van der Waals surface area contributed by atoms with Gasteiger partial charge in [0.05, 0.1) is 37.3 Å². The van der Waals surface area contributed by atoms with Crippen LogP contribution < -0.4 is 5.32 Å². The highest BCUT2D eigenvalue weighted by atomic mass is 127. The molecule has 0 radical (unpaired) electrons. The average molecular weight is 345 g/mol. The van der Waals surface area contributed by atoms with Gasteiger partial charge >= 0.3 is 5.97 Å². The van der Waals surface area contributed by atoms with Crippen molar-refractivity contribution in [3.63, 3.8) is 0 Å². The number of carboxylic acids is 1. The van der Waals surface area contributed by atoms with Crippen LogP contribution in [0.25, 0.3) is 0 Å². The molecule has 0 heterocycles. The standard InChI is InChI=1S/C9H16INO5/c10-7-8(12)11-2-4-16-6-5-15-3-1-9(13)14/h1-7H2,(H,11,12)(H,13,14). The normalized spacial score (nSPS) is 10.1. The number of rotatable bonds is 10. The van der Waals surface area contributed by atoms with Gasteiger partial charge < -0.3 is 19.9 Å². The summed E-state index contributed by atoms with van der Waals surface area (Å²) < 4.78 is 10.6. The van der Waals surface area contributed by atoms with E-state index in [1.807, 2.05) is 22.6 Å². The van der Waals surface area contributed by atoms with E-state index in [0.29, 0.717) is 30.8 Å². The van der Waals surface area contributed by atoms with E-state index in [9.17, 15) is 9.59 Å². The number of hydrogen-bond donors (Lipinski definition) is 2. The van der Waals surface area contributed by atoms with Crippen LogP contribution in [0.1, 0.15) is 6.42 Å². The van der Waals surface area contributed by atoms with E-state index >= 15 is 0 Å². The Bertz CT molecular complexity index is 212. The molecule has 0 unspecified atom stereocenters. The lowest BCUT2D eigenvalue weighted by Crippen LogP contribution is -2.28. The van der Waals surface area contributed by atoms with Crippen LogP contribution >= 0.6 is 22.6 Å². The maximum Gasteiger partial charge on any atom is 0.305 e. The molecule has 6 nitrogen and oxygen atoms in total. The lowest BCUT2D eigenvalue weighted by atomic mass is 10.5. The second kappa shape index (κ2) is 11.1. The Morgan fingerprint density at radius 3 is 2.31 bits per heavy atom. The van der Waals surface area contributed by atoms with Crippen molar-refractivity contribution in [1.29, 1.82) is 0 Å². The predicted molar refractivity (Wildman–Crippen MR) is 65.8 cm³/mol. The number of halogens is 1. The molecule has 0 aromatic carbocycles. The van der Waals surface area contributed by atoms with E-state index in [-0.39, 0.29) is 18.9 Å². The highest BCUT2D eigenvalue weighted by Crippen LogP contribution is 1.84. The van der Waals surface area contributed by atoms with Crippen molar-refractivity contribution >= 4 is 34.5 Å². The van der Waals surface area contributed by atoms with Crippen molar-refractivity contribution in [2.45, 2.75) is 6.42 Å². The summed E-state index contributed by atoms with van der Waals surface area (Å²) >= 11 is 1.98. The lowest BCUT2D eigenvalue weighted by molar-refractivity contribution is -0.138. The van der Waals surface area contributed by atoms with Gasteiger partial charge in [-0.1, -0.05) is 22.6 Å². The lowest BCUT2D eigenvalue weighted by Gasteiger charge is -2.05. The Morgan fingerprint density at radius 2 is 1.75 bits per heavy atom. The number of hydrogen-bond acceptors (Lipinski definition) is 4. The van der Waals surface area contributed by atoms with Gasteiger partial charge in [-0.15, -0.1) is 0 Å². The highest BCUT2D eigenvalue weighted by Gasteiger charge is 1.97. The van der Waals surface area contributed by atoms with Crippen LogP contribution in [0.15, 0.2) is 0 Å². The van der Waals surface area contributed by atoms with Gasteiger partial charge in [0.15, 0.2) is 0 Å². The van der Waals surface area contributed by atoms with Crippen molar-refractivity contribution in [2.75, 3.05) is 37.4 Å². The fourth-order valence-corrected chi connectivity index (χ4v) is 1.06. The van der Waals surface area contributed by atoms with Crippen LogP contribution in [0.4, 0.5) is 0 Å². The molecule has 7 heteroatoms. The van der Waals surface area contributed by atoms with Gasteiger partial charge in [-0.3, -0.25) is 9.59 Å². The number of carbonyl (C=O) groups excluding carboxylic acids is 1. The number of nitrogens with one attached hydrogen (secondary N) is 1. The fourth-order valence-electron chi connectivity index (χ4n) is 0.791. The summed E-state index contributed by atoms with van der Waals surface area (Å²) in [5.74, 6) is -0.885. The smallest absolute Gasteiger partial charge is 0.305 e. The molecular formula is C9H16INO5. The predicted octanol–water partition coefficient (Wildman–Crippen LogP) is 0.0455. The second-order valence-corrected chi connectivity index (χ2v) is 3.61. The molecule has 0 aromatic heterocycles. The van der Waals surface area contributed by atoms with E-state index in [1.165, 1.54) is 0 Å². The third-order valence-electron chi connectivity index (χ3n) is 1.52. The number of carbonyl (C=O) groups is 2. The van der Waals surface area contributed by atoms with Gasteiger partial charge in [-0.25, -0.2) is 0 Å². The zero-order valence-electron chi connectivity index (χ0n) is 8.91. The largest absolute Gasteiger partial charge is 0.481 e. The van der Waals surface area contributed by atoms with Crippen molar-refractivity contribution in [2.24, 2.45) is 0 Å². The van der Waals surface area contributed by atoms with Crippen LogP contribution in [0.3, 0.4) is 0 Å². The average Bonchev–Trinajstić information content (AvgIpc) is 2.26. The molecule has 0 atom stereocenters. The second-order valence-electron chi connectivity index (χ2n) is 2.85. The van der Waals surface area contributed by atoms with Crippen molar-refractivity contribution in [3.8, 4) is 0 Å². The quantitative estimate of drug-likeness (QED) is 0.332. The first-order valence-electron chi connectivity index (χ1n) is 4.86. The molecule has 0 rings (SSSR count). The topological polar surface area (TPSA) is 84.9 Å². The monoisotopic (exact) mass is 345 g/mol. The zero-order valence-corrected chi connectivity index (χ0v) is 11.1. The summed E-state index contributed by atoms with van der Waals surface area (Å²) in [7, 11) is 0. The van der Waals surface area contributed by atoms with Gasteiger partial charge in [0.25, 0.3) is 0 Å². The third-order valence-corrected chi connectivity index (χ3v) is 2.22. The van der Waals surface area contributed by atoms with Crippen LogP contribution in [-0.2, 0) is 19.1 Å². The molecule has 16 heavy (non-hydrogen) atoms. The number of amides is 1. The van der Waals surface area contributed by atoms with E-state index in [4.69, 9.17) is 14.6 Å². The molecule has 1 amide bonds. The number of carboxylic acid groups (broad SMARTS) is 1. The van der Waals surface area contributed by atoms with Gasteiger partial charge in [0, 0.05) is 6.54 Å². The van der Waals surface area contributed by atoms with Gasteiger partial charge in [-0.05, 0) is 0 Å². The molecule has 0 aliphatic rings. The molecule has 0 bridgehead atoms. The first-order valence-corrected chi connectivity index (χ1v) is 6.39. The Kier molecular flexibility index (Phi) is 10.8. The van der Waals surface area contributed by atoms with E-state index in [2.05, 4.69) is 5.32 Å². The Morgan fingerprint density at radius 1 is 1.12 bits per heavy atom. The first kappa shape index (κ1) is 15.6. The van der Waals surface area contributed by atoms with E-state index in [0.717, 1.165) is 0 Å². The van der Waals surface area contributed by atoms with Gasteiger partial charge in [0.1, 0.15) is 0 Å². The van der Waals surface area contributed by atoms with Crippen molar-refractivity contribution in [1.82, 2.24) is 5.32 Å². The molecule has 0 fully saturated rings. The van der Waals surface area contributed by atoms with Gasteiger partial charge in [0.2, 0.25) is 5.91 Å². The summed E-state index contributed by atoms with van der Waals surface area (Å²) in [5.41, 5.74) is 0. The Balaban J connectivity index is 3.04. The first-order chi connectivity index (χ1) is 7.66. The minimum atomic E-state index is -0.873. The van der Waals surface area contributed by atoms with Crippen molar-refractivity contribution in [3.05, 3.63) is 0 Å². The van der Waals surface area contributed by atoms with Crippen LogP contribution in [-0.4, -0.2) is 54.4 Å². The van der Waals surface area contributed by atoms with Gasteiger partial charge in [-0.2, -0.15) is 0 Å². The maximum absolute atomic E-state index is 10.8. The minimum Gasteiger partial charge on any atom is -0.481 e. The summed E-state index contributed by atoms with van der Waals surface area (Å²) in [5, 5.41) is 11.0. The third kappa shape index (κ3) is 11.7. The summed E-state index contributed by atoms with van der Waals surface area (Å²) in [6.07, 6.45) is 0.00567. The van der Waals surface area contributed by atoms with Crippen LogP contribution in [0.2, 0.25) is 0 Å². The molecular weight excluding hydrogens is 329 g/mol. The van der Waals surface area contributed by atoms with Crippen LogP contribution in [0.5, 0.6) is 0 Å². The molecule has 0 saturated carbocycles. The molecule has 0 spiro atoms. The molecule has 94 valence electrons. The zero-order chi connectivity index (χ0) is 12.2. The summed E-state index contributed by atoms with van der Waals surface area (Å²) in [6, 6.07) is 0. The van der Waals surface area contributed by atoms with Crippen molar-refractivity contribution < 1.29 is 24.2 Å². The number of aliphatic carboxylic acids is 1. The SMILES string of the molecule is O=C(O)CCOCCOCCNC(=O)CI. The minimum absolute atomic E-state index is 0.00567. The molecule has 0 aliphatic carbocycles. The fraction of sp³-hybridized carbons (Fsp3) is 0.778. The molecule has 2 N–H and O–H groups in total. The van der Waals surface area contributed by atoms with E-state index < -0.39 is 5.97 Å². The summed E-state index contributed by atoms with van der Waals surface area (Å²) in [6.45, 7) is 1.89. The Hall–Kier alpha value is -0.410. The summed E-state index contributed by atoms with van der Waals surface area (Å²) in [4.78, 5) is 20.9. The maximum atomic E-state index is 10.8. The molecule has 0 aromatic rings. The van der Waals surface area contributed by atoms with Crippen LogP contribution in [0, 0.1) is 0 Å².